The van der Waals surface area contributed by atoms with Crippen molar-refractivity contribution in [3.63, 3.8) is 0 Å². The van der Waals surface area contributed by atoms with Crippen LogP contribution >= 0.6 is 0 Å². The Morgan fingerprint density at radius 1 is 1.19 bits per heavy atom. The van der Waals surface area contributed by atoms with Gasteiger partial charge >= 0.3 is 0 Å². The number of carbonyl (C=O) groups is 1. The largest absolute Gasteiger partial charge is 0.379 e. The van der Waals surface area contributed by atoms with E-state index >= 15 is 0 Å². The number of anilines is 1. The Balaban J connectivity index is 1.30. The first-order valence-electron chi connectivity index (χ1n) is 11.9. The van der Waals surface area contributed by atoms with Crippen LogP contribution in [0, 0.1) is 5.41 Å². The molecule has 1 aromatic carbocycles. The van der Waals surface area contributed by atoms with E-state index in [2.05, 4.69) is 33.4 Å². The van der Waals surface area contributed by atoms with E-state index in [-0.39, 0.29) is 5.91 Å². The molecule has 1 aromatic rings. The Bertz CT molecular complexity index is 771. The minimum atomic E-state index is 0.0587. The minimum absolute atomic E-state index is 0.0587. The molecule has 1 saturated carbocycles. The van der Waals surface area contributed by atoms with E-state index < -0.39 is 0 Å². The van der Waals surface area contributed by atoms with Crippen LogP contribution in [0.15, 0.2) is 29.3 Å². The fourth-order valence-electron chi connectivity index (χ4n) is 4.85. The molecule has 2 heterocycles. The number of nitrogens with zero attached hydrogens (tertiary/aromatic N) is 3. The lowest BCUT2D eigenvalue weighted by molar-refractivity contribution is -0.116. The summed E-state index contributed by atoms with van der Waals surface area (Å²) in [5, 5.41) is 6.51. The van der Waals surface area contributed by atoms with Gasteiger partial charge in [0.05, 0.1) is 19.8 Å². The molecule has 31 heavy (non-hydrogen) atoms. The third-order valence-electron chi connectivity index (χ3n) is 6.87. The predicted octanol–water partition coefficient (Wildman–Crippen LogP) is 2.69. The first-order valence-corrected chi connectivity index (χ1v) is 11.9. The highest BCUT2D eigenvalue weighted by atomic mass is 16.5. The summed E-state index contributed by atoms with van der Waals surface area (Å²) in [6.45, 7) is 9.98. The summed E-state index contributed by atoms with van der Waals surface area (Å²) in [5.74, 6) is 1.08. The Kier molecular flexibility index (Phi) is 7.45. The number of benzene rings is 1. The van der Waals surface area contributed by atoms with E-state index in [1.165, 1.54) is 25.7 Å². The summed E-state index contributed by atoms with van der Waals surface area (Å²) < 4.78 is 5.36. The van der Waals surface area contributed by atoms with Gasteiger partial charge in [0.1, 0.15) is 0 Å². The topological polar surface area (TPSA) is 69.2 Å². The fraction of sp³-hybridized carbons (Fsp3) is 0.667. The maximum Gasteiger partial charge on any atom is 0.225 e. The SMILES string of the molecule is CCNC(=NCc1cccc(NC(=O)CCN2CCOCC2)c1)N1CCC2(CCC2)C1. The lowest BCUT2D eigenvalue weighted by Crippen LogP contribution is -2.42. The van der Waals surface area contributed by atoms with Crippen molar-refractivity contribution in [3.8, 4) is 0 Å². The average Bonchev–Trinajstić information content (AvgIpc) is 3.23. The van der Waals surface area contributed by atoms with Crippen molar-refractivity contribution >= 4 is 17.6 Å². The number of guanidine groups is 1. The van der Waals surface area contributed by atoms with Crippen molar-refractivity contribution in [2.24, 2.45) is 10.4 Å². The molecule has 170 valence electrons. The van der Waals surface area contributed by atoms with Crippen LogP contribution in [0.25, 0.3) is 0 Å². The maximum absolute atomic E-state index is 12.4. The second-order valence-electron chi connectivity index (χ2n) is 9.15. The van der Waals surface area contributed by atoms with Gasteiger partial charge in [-0.3, -0.25) is 9.69 Å². The number of nitrogens with one attached hydrogen (secondary N) is 2. The van der Waals surface area contributed by atoms with Gasteiger partial charge in [-0.2, -0.15) is 0 Å². The Labute approximate surface area is 186 Å². The second kappa shape index (κ2) is 10.5. The third kappa shape index (κ3) is 5.98. The quantitative estimate of drug-likeness (QED) is 0.517. The van der Waals surface area contributed by atoms with Gasteiger partial charge < -0.3 is 20.3 Å². The highest BCUT2D eigenvalue weighted by molar-refractivity contribution is 5.90. The molecular formula is C24H37N5O2. The summed E-state index contributed by atoms with van der Waals surface area (Å²) in [4.78, 5) is 22.0. The molecule has 7 heteroatoms. The van der Waals surface area contributed by atoms with Crippen molar-refractivity contribution in [2.75, 3.05) is 57.8 Å². The normalized spacial score (nSPS) is 21.2. The van der Waals surface area contributed by atoms with E-state index in [9.17, 15) is 4.79 Å². The summed E-state index contributed by atoms with van der Waals surface area (Å²) in [6.07, 6.45) is 5.92. The number of likely N-dealkylation sites (tertiary alicyclic amines) is 1. The van der Waals surface area contributed by atoms with Crippen LogP contribution in [0.1, 0.15) is 44.6 Å². The molecule has 0 atom stereocenters. The number of aliphatic imine (C=N–C) groups is 1. The van der Waals surface area contributed by atoms with Crippen molar-refractivity contribution in [2.45, 2.75) is 45.6 Å². The van der Waals surface area contributed by atoms with Gasteiger partial charge in [-0.25, -0.2) is 4.99 Å². The van der Waals surface area contributed by atoms with Gasteiger partial charge in [-0.1, -0.05) is 18.6 Å². The third-order valence-corrected chi connectivity index (χ3v) is 6.87. The molecule has 1 aliphatic carbocycles. The molecule has 2 aliphatic heterocycles. The van der Waals surface area contributed by atoms with E-state index in [0.717, 1.165) is 69.7 Å². The molecule has 0 aromatic heterocycles. The lowest BCUT2D eigenvalue weighted by atomic mass is 9.68. The van der Waals surface area contributed by atoms with Crippen LogP contribution in [0.4, 0.5) is 5.69 Å². The van der Waals surface area contributed by atoms with Gasteiger partial charge in [0, 0.05) is 51.4 Å². The van der Waals surface area contributed by atoms with Gasteiger partial charge in [-0.15, -0.1) is 0 Å². The molecule has 3 aliphatic rings. The van der Waals surface area contributed by atoms with Crippen LogP contribution in [0.2, 0.25) is 0 Å². The molecule has 1 spiro atoms. The van der Waals surface area contributed by atoms with Crippen LogP contribution in [-0.4, -0.2) is 74.1 Å². The zero-order valence-corrected chi connectivity index (χ0v) is 18.9. The second-order valence-corrected chi connectivity index (χ2v) is 9.15. The highest BCUT2D eigenvalue weighted by Gasteiger charge is 2.43. The number of rotatable bonds is 7. The van der Waals surface area contributed by atoms with E-state index in [1.807, 2.05) is 18.2 Å². The smallest absolute Gasteiger partial charge is 0.225 e. The van der Waals surface area contributed by atoms with Crippen molar-refractivity contribution in [3.05, 3.63) is 29.8 Å². The summed E-state index contributed by atoms with van der Waals surface area (Å²) in [7, 11) is 0. The number of amides is 1. The van der Waals surface area contributed by atoms with E-state index in [0.29, 0.717) is 18.4 Å². The first kappa shape index (κ1) is 22.1. The number of ether oxygens (including phenoxy) is 1. The number of morpholine rings is 1. The lowest BCUT2D eigenvalue weighted by Gasteiger charge is -2.38. The first-order chi connectivity index (χ1) is 15.2. The Hall–Kier alpha value is -2.12. The molecule has 3 fully saturated rings. The maximum atomic E-state index is 12.4. The van der Waals surface area contributed by atoms with Crippen LogP contribution in [0.5, 0.6) is 0 Å². The van der Waals surface area contributed by atoms with Crippen molar-refractivity contribution in [1.29, 1.82) is 0 Å². The zero-order valence-electron chi connectivity index (χ0n) is 18.9. The molecule has 2 saturated heterocycles. The molecule has 2 N–H and O–H groups in total. The van der Waals surface area contributed by atoms with E-state index in [1.54, 1.807) is 0 Å². The fourth-order valence-corrected chi connectivity index (χ4v) is 4.85. The molecule has 0 radical (unpaired) electrons. The molecule has 0 unspecified atom stereocenters. The molecule has 1 amide bonds. The summed E-state index contributed by atoms with van der Waals surface area (Å²) in [6, 6.07) is 8.06. The number of hydrogen-bond donors (Lipinski definition) is 2. The van der Waals surface area contributed by atoms with Gasteiger partial charge in [-0.05, 0) is 49.3 Å². The molecule has 7 nitrogen and oxygen atoms in total. The van der Waals surface area contributed by atoms with Crippen molar-refractivity contribution < 1.29 is 9.53 Å². The number of carbonyl (C=O) groups excluding carboxylic acids is 1. The zero-order chi connectivity index (χ0) is 21.5. The number of hydrogen-bond acceptors (Lipinski definition) is 4. The Morgan fingerprint density at radius 3 is 2.74 bits per heavy atom. The predicted molar refractivity (Wildman–Crippen MR) is 124 cm³/mol. The molecule has 4 rings (SSSR count). The van der Waals surface area contributed by atoms with Crippen molar-refractivity contribution in [1.82, 2.24) is 15.1 Å². The monoisotopic (exact) mass is 427 g/mol. The average molecular weight is 428 g/mol. The van der Waals surface area contributed by atoms with Gasteiger partial charge in [0.25, 0.3) is 0 Å². The van der Waals surface area contributed by atoms with Gasteiger partial charge in [0.15, 0.2) is 5.96 Å². The van der Waals surface area contributed by atoms with Crippen LogP contribution < -0.4 is 10.6 Å². The van der Waals surface area contributed by atoms with Crippen LogP contribution in [0.3, 0.4) is 0 Å². The van der Waals surface area contributed by atoms with Gasteiger partial charge in [0.2, 0.25) is 5.91 Å². The summed E-state index contributed by atoms with van der Waals surface area (Å²) >= 11 is 0. The molecular weight excluding hydrogens is 390 g/mol. The molecule has 0 bridgehead atoms. The standard InChI is InChI=1S/C24H37N5O2/c1-2-25-23(29-12-10-24(19-29)8-4-9-24)26-18-20-5-3-6-21(17-20)27-22(30)7-11-28-13-15-31-16-14-28/h3,5-6,17H,2,4,7-16,18-19H2,1H3,(H,25,26)(H,27,30). The Morgan fingerprint density at radius 2 is 2.03 bits per heavy atom. The highest BCUT2D eigenvalue weighted by Crippen LogP contribution is 2.47. The van der Waals surface area contributed by atoms with Crippen LogP contribution in [-0.2, 0) is 16.1 Å². The summed E-state index contributed by atoms with van der Waals surface area (Å²) in [5.41, 5.74) is 2.51. The minimum Gasteiger partial charge on any atom is -0.379 e. The van der Waals surface area contributed by atoms with E-state index in [4.69, 9.17) is 9.73 Å².